The van der Waals surface area contributed by atoms with Crippen LogP contribution >= 0.6 is 22.6 Å². The van der Waals surface area contributed by atoms with E-state index in [4.69, 9.17) is 18.3 Å². The molecule has 0 aromatic heterocycles. The van der Waals surface area contributed by atoms with Crippen LogP contribution in [-0.2, 0) is 18.3 Å². The Hall–Kier alpha value is -0.0362. The van der Waals surface area contributed by atoms with Gasteiger partial charge in [0.1, 0.15) is 6.79 Å². The SMILES string of the molecule is C=C/C=C\[C@@H](C)[C@@H](OCOC)[C@H](C)[C@@H](O[Si](C(C)C)(C(C)C)C(C)C)[C@H](C)C/C(C)=C\[C@@H](C)[C@H](O[Si](C(C)C)(C(C)C)C(C)C)[C@H](C)/C=C\I. The molecule has 50 heavy (non-hydrogen) atoms. The minimum atomic E-state index is -2.20. The highest BCUT2D eigenvalue weighted by atomic mass is 127. The summed E-state index contributed by atoms with van der Waals surface area (Å²) in [4.78, 5) is 0. The number of halogens is 1. The largest absolute Gasteiger partial charge is 0.412 e. The third-order valence-electron chi connectivity index (χ3n) is 11.7. The fourth-order valence-corrected chi connectivity index (χ4v) is 21.8. The molecule has 0 saturated heterocycles. The fraction of sp³-hybridized carbons (Fsp3) is 0.814. The number of ether oxygens (including phenoxy) is 2. The lowest BCUT2D eigenvalue weighted by molar-refractivity contribution is -0.122. The standard InChI is InChI=1S/C43H83IO4Si2/c1-21-22-23-36(15)42(46-28-45-20)40(19)43(48-50(32(8)9,33(10)11)34(12)13)39(18)27-35(14)26-38(17)41(37(16)24-25-44)47-49(29(2)3,30(4)5)31(6)7/h21-26,29-34,36-43H,1,27-28H2,2-20H3/b23-22-,25-24-,35-26-/t36-,37-,38-,39-,40+,41-,42-,43+/m1/s1. The summed E-state index contributed by atoms with van der Waals surface area (Å²) in [6.45, 7) is 46.9. The van der Waals surface area contributed by atoms with Crippen LogP contribution in [0.5, 0.6) is 0 Å². The van der Waals surface area contributed by atoms with Crippen LogP contribution in [0.1, 0.15) is 131 Å². The molecular weight excluding hydrogens is 764 g/mol. The molecule has 0 aliphatic carbocycles. The van der Waals surface area contributed by atoms with Gasteiger partial charge in [-0.05, 0) is 62.5 Å². The average Bonchev–Trinajstić information content (AvgIpc) is 2.99. The molecule has 0 aromatic rings. The molecular formula is C43H83IO4Si2. The summed E-state index contributed by atoms with van der Waals surface area (Å²) in [7, 11) is -2.58. The van der Waals surface area contributed by atoms with Gasteiger partial charge in [0.2, 0.25) is 16.6 Å². The lowest BCUT2D eigenvalue weighted by Gasteiger charge is -2.48. The molecule has 0 fully saturated rings. The van der Waals surface area contributed by atoms with Crippen molar-refractivity contribution in [1.29, 1.82) is 0 Å². The fourth-order valence-electron chi connectivity index (χ4n) is 9.66. The third-order valence-corrected chi connectivity index (χ3v) is 24.3. The van der Waals surface area contributed by atoms with Crippen molar-refractivity contribution in [2.45, 2.75) is 183 Å². The quantitative estimate of drug-likeness (QED) is 0.0302. The van der Waals surface area contributed by atoms with Crippen LogP contribution in [0.2, 0.25) is 33.2 Å². The number of rotatable bonds is 25. The molecule has 0 heterocycles. The molecule has 4 nitrogen and oxygen atoms in total. The zero-order valence-electron chi connectivity index (χ0n) is 36.2. The number of hydrogen-bond acceptors (Lipinski definition) is 4. The van der Waals surface area contributed by atoms with Crippen LogP contribution in [0.3, 0.4) is 0 Å². The van der Waals surface area contributed by atoms with Gasteiger partial charge in [0.25, 0.3) is 0 Å². The van der Waals surface area contributed by atoms with Crippen molar-refractivity contribution in [3.05, 3.63) is 46.6 Å². The molecule has 0 amide bonds. The maximum atomic E-state index is 7.75. The molecule has 294 valence electrons. The van der Waals surface area contributed by atoms with Crippen molar-refractivity contribution in [1.82, 2.24) is 0 Å². The predicted molar refractivity (Wildman–Crippen MR) is 235 cm³/mol. The molecule has 0 saturated carbocycles. The first-order valence-corrected chi connectivity index (χ1v) is 25.4. The van der Waals surface area contributed by atoms with Gasteiger partial charge >= 0.3 is 0 Å². The molecule has 7 heteroatoms. The summed E-state index contributed by atoms with van der Waals surface area (Å²) in [5.41, 5.74) is 4.53. The van der Waals surface area contributed by atoms with Crippen LogP contribution in [0.25, 0.3) is 0 Å². The van der Waals surface area contributed by atoms with Gasteiger partial charge in [-0.15, -0.1) is 0 Å². The second-order valence-corrected chi connectivity index (χ2v) is 28.9. The molecule has 0 aliphatic rings. The van der Waals surface area contributed by atoms with Gasteiger partial charge in [0.05, 0.1) is 18.3 Å². The van der Waals surface area contributed by atoms with Crippen LogP contribution in [0, 0.1) is 29.6 Å². The van der Waals surface area contributed by atoms with E-state index < -0.39 is 16.6 Å². The highest BCUT2D eigenvalue weighted by Crippen LogP contribution is 2.47. The first kappa shape index (κ1) is 50.0. The highest BCUT2D eigenvalue weighted by molar-refractivity contribution is 14.1. The number of methoxy groups -OCH3 is 1. The Kier molecular flexibility index (Phi) is 23.7. The minimum absolute atomic E-state index is 0.0322. The lowest BCUT2D eigenvalue weighted by Crippen LogP contribution is -2.54. The van der Waals surface area contributed by atoms with Gasteiger partial charge in [-0.1, -0.05) is 183 Å². The summed E-state index contributed by atoms with van der Waals surface area (Å²) in [6, 6.07) is 0. The predicted octanol–water partition coefficient (Wildman–Crippen LogP) is 14.3. The topological polar surface area (TPSA) is 36.9 Å². The Morgan fingerprint density at radius 2 is 1.04 bits per heavy atom. The first-order chi connectivity index (χ1) is 23.1. The Bertz CT molecular complexity index is 990. The van der Waals surface area contributed by atoms with Gasteiger partial charge in [-0.25, -0.2) is 0 Å². The monoisotopic (exact) mass is 846 g/mol. The Labute approximate surface area is 328 Å². The molecule has 0 aromatic carbocycles. The van der Waals surface area contributed by atoms with E-state index in [2.05, 4.69) is 176 Å². The lowest BCUT2D eigenvalue weighted by atomic mass is 9.81. The van der Waals surface area contributed by atoms with Crippen LogP contribution in [-0.4, -0.2) is 48.8 Å². The summed E-state index contributed by atoms with van der Waals surface area (Å²) < 4.78 is 29.4. The van der Waals surface area contributed by atoms with Crippen molar-refractivity contribution in [2.75, 3.05) is 13.9 Å². The van der Waals surface area contributed by atoms with E-state index in [0.29, 0.717) is 45.1 Å². The zero-order valence-corrected chi connectivity index (χ0v) is 40.3. The van der Waals surface area contributed by atoms with Crippen molar-refractivity contribution < 1.29 is 18.3 Å². The van der Waals surface area contributed by atoms with E-state index >= 15 is 0 Å². The van der Waals surface area contributed by atoms with Crippen LogP contribution < -0.4 is 0 Å². The second-order valence-electron chi connectivity index (χ2n) is 17.4. The van der Waals surface area contributed by atoms with Gasteiger partial charge < -0.3 is 18.3 Å². The van der Waals surface area contributed by atoms with E-state index in [1.807, 2.05) is 12.2 Å². The zero-order chi connectivity index (χ0) is 39.1. The normalized spacial score (nSPS) is 19.0. The van der Waals surface area contributed by atoms with Crippen LogP contribution in [0.4, 0.5) is 0 Å². The maximum absolute atomic E-state index is 7.75. The molecule has 0 unspecified atom stereocenters. The summed E-state index contributed by atoms with van der Waals surface area (Å²) >= 11 is 2.36. The van der Waals surface area contributed by atoms with E-state index in [9.17, 15) is 0 Å². The van der Waals surface area contributed by atoms with Crippen molar-refractivity contribution >= 4 is 39.2 Å². The third kappa shape index (κ3) is 13.4. The van der Waals surface area contributed by atoms with Gasteiger partial charge in [-0.2, -0.15) is 0 Å². The first-order valence-electron chi connectivity index (χ1n) is 19.8. The molecule has 0 bridgehead atoms. The smallest absolute Gasteiger partial charge is 0.200 e. The van der Waals surface area contributed by atoms with Crippen molar-refractivity contribution in [3.63, 3.8) is 0 Å². The van der Waals surface area contributed by atoms with Crippen molar-refractivity contribution in [2.24, 2.45) is 29.6 Å². The van der Waals surface area contributed by atoms with E-state index in [0.717, 1.165) is 6.42 Å². The molecule has 0 aliphatic heterocycles. The minimum Gasteiger partial charge on any atom is -0.412 e. The molecule has 0 spiro atoms. The molecule has 0 N–H and O–H groups in total. The maximum Gasteiger partial charge on any atom is 0.200 e. The average molecular weight is 847 g/mol. The Morgan fingerprint density at radius 1 is 0.620 bits per heavy atom. The van der Waals surface area contributed by atoms with Gasteiger partial charge in [0.15, 0.2) is 0 Å². The highest BCUT2D eigenvalue weighted by Gasteiger charge is 2.50. The number of allylic oxidation sites excluding steroid dienone is 3. The van der Waals surface area contributed by atoms with Crippen LogP contribution in [0.15, 0.2) is 46.6 Å². The molecule has 0 rings (SSSR count). The second kappa shape index (κ2) is 23.7. The molecule has 0 radical (unpaired) electrons. The Balaban J connectivity index is 7.06. The summed E-state index contributed by atoms with van der Waals surface area (Å²) in [5.74, 6) is 1.22. The summed E-state index contributed by atoms with van der Waals surface area (Å²) in [5, 5.41) is 0. The van der Waals surface area contributed by atoms with E-state index in [1.165, 1.54) is 5.57 Å². The summed E-state index contributed by atoms with van der Waals surface area (Å²) in [6.07, 6.45) is 12.0. The van der Waals surface area contributed by atoms with E-state index in [-0.39, 0.29) is 42.9 Å². The molecule has 8 atom stereocenters. The van der Waals surface area contributed by atoms with Gasteiger partial charge in [0, 0.05) is 24.9 Å². The van der Waals surface area contributed by atoms with Crippen molar-refractivity contribution in [3.8, 4) is 0 Å². The Morgan fingerprint density at radius 3 is 1.42 bits per heavy atom. The van der Waals surface area contributed by atoms with Gasteiger partial charge in [-0.3, -0.25) is 0 Å². The van der Waals surface area contributed by atoms with E-state index in [1.54, 1.807) is 7.11 Å². The number of hydrogen-bond donors (Lipinski definition) is 0.